The van der Waals surface area contributed by atoms with Crippen LogP contribution in [0, 0.1) is 0 Å². The molecule has 0 radical (unpaired) electrons. The lowest BCUT2D eigenvalue weighted by Gasteiger charge is -2.04. The minimum absolute atomic E-state index is 0.333. The highest BCUT2D eigenvalue weighted by atomic mass is 32.2. The quantitative estimate of drug-likeness (QED) is 0.524. The maximum absolute atomic E-state index is 8.66. The lowest BCUT2D eigenvalue weighted by atomic mass is 10.2. The SMILES string of the molecule is CNCc1ccc(SCCCCCCO)cc1. The molecule has 1 rings (SSSR count). The van der Waals surface area contributed by atoms with Crippen LogP contribution in [0.4, 0.5) is 0 Å². The molecule has 0 fully saturated rings. The summed E-state index contributed by atoms with van der Waals surface area (Å²) in [6.07, 6.45) is 4.57. The molecule has 2 N–H and O–H groups in total. The van der Waals surface area contributed by atoms with E-state index >= 15 is 0 Å². The van der Waals surface area contributed by atoms with Crippen molar-refractivity contribution in [2.24, 2.45) is 0 Å². The molecule has 2 nitrogen and oxygen atoms in total. The fraction of sp³-hybridized carbons (Fsp3) is 0.571. The summed E-state index contributed by atoms with van der Waals surface area (Å²) in [5.74, 6) is 1.18. The van der Waals surface area contributed by atoms with Crippen molar-refractivity contribution in [3.05, 3.63) is 29.8 Å². The van der Waals surface area contributed by atoms with Crippen molar-refractivity contribution in [2.75, 3.05) is 19.4 Å². The topological polar surface area (TPSA) is 32.3 Å². The summed E-state index contributed by atoms with van der Waals surface area (Å²) in [6.45, 7) is 1.27. The minimum Gasteiger partial charge on any atom is -0.396 e. The van der Waals surface area contributed by atoms with Crippen LogP contribution in [0.5, 0.6) is 0 Å². The largest absolute Gasteiger partial charge is 0.396 e. The summed E-state index contributed by atoms with van der Waals surface area (Å²) in [6, 6.07) is 8.77. The molecule has 0 bridgehead atoms. The normalized spacial score (nSPS) is 10.7. The Labute approximate surface area is 109 Å². The molecule has 0 saturated carbocycles. The van der Waals surface area contributed by atoms with Crippen molar-refractivity contribution >= 4 is 11.8 Å². The lowest BCUT2D eigenvalue weighted by molar-refractivity contribution is 0.283. The third kappa shape index (κ3) is 6.71. The van der Waals surface area contributed by atoms with Crippen molar-refractivity contribution in [2.45, 2.75) is 37.1 Å². The molecule has 96 valence electrons. The van der Waals surface area contributed by atoms with Crippen LogP contribution >= 0.6 is 11.8 Å². The van der Waals surface area contributed by atoms with E-state index in [0.29, 0.717) is 6.61 Å². The first-order chi connectivity index (χ1) is 8.36. The molecule has 17 heavy (non-hydrogen) atoms. The van der Waals surface area contributed by atoms with Gasteiger partial charge in [-0.3, -0.25) is 0 Å². The summed E-state index contributed by atoms with van der Waals surface area (Å²) < 4.78 is 0. The zero-order valence-electron chi connectivity index (χ0n) is 10.6. The molecule has 1 aromatic rings. The first-order valence-electron chi connectivity index (χ1n) is 6.34. The zero-order valence-corrected chi connectivity index (χ0v) is 11.4. The first-order valence-corrected chi connectivity index (χ1v) is 7.32. The highest BCUT2D eigenvalue weighted by Crippen LogP contribution is 2.20. The van der Waals surface area contributed by atoms with Crippen LogP contribution in [0.25, 0.3) is 0 Å². The van der Waals surface area contributed by atoms with Gasteiger partial charge in [0.15, 0.2) is 0 Å². The predicted molar refractivity (Wildman–Crippen MR) is 75.5 cm³/mol. The number of aliphatic hydroxyl groups is 1. The molecular formula is C14H23NOS. The second-order valence-corrected chi connectivity index (χ2v) is 5.33. The highest BCUT2D eigenvalue weighted by Gasteiger charge is 1.95. The number of benzene rings is 1. The average Bonchev–Trinajstić information content (AvgIpc) is 2.36. The second kappa shape index (κ2) is 9.51. The monoisotopic (exact) mass is 253 g/mol. The van der Waals surface area contributed by atoms with Gasteiger partial charge in [0.05, 0.1) is 0 Å². The Kier molecular flexibility index (Phi) is 8.14. The number of hydrogen-bond donors (Lipinski definition) is 2. The average molecular weight is 253 g/mol. The first kappa shape index (κ1) is 14.6. The molecule has 0 amide bonds. The third-order valence-corrected chi connectivity index (χ3v) is 3.72. The molecule has 0 spiro atoms. The zero-order chi connectivity index (χ0) is 12.3. The molecule has 0 heterocycles. The Hall–Kier alpha value is -0.510. The van der Waals surface area contributed by atoms with E-state index in [0.717, 1.165) is 19.4 Å². The van der Waals surface area contributed by atoms with E-state index in [1.165, 1.54) is 29.1 Å². The van der Waals surface area contributed by atoms with Gasteiger partial charge in [-0.05, 0) is 43.3 Å². The van der Waals surface area contributed by atoms with Gasteiger partial charge in [-0.15, -0.1) is 11.8 Å². The van der Waals surface area contributed by atoms with Gasteiger partial charge in [-0.25, -0.2) is 0 Å². The van der Waals surface area contributed by atoms with Crippen molar-refractivity contribution in [1.29, 1.82) is 0 Å². The van der Waals surface area contributed by atoms with Crippen LogP contribution in [0.15, 0.2) is 29.2 Å². The molecule has 0 aromatic heterocycles. The number of rotatable bonds is 9. The van der Waals surface area contributed by atoms with Gasteiger partial charge in [-0.2, -0.15) is 0 Å². The molecular weight excluding hydrogens is 230 g/mol. The van der Waals surface area contributed by atoms with Crippen molar-refractivity contribution < 1.29 is 5.11 Å². The molecule has 0 aliphatic heterocycles. The van der Waals surface area contributed by atoms with E-state index in [1.54, 1.807) is 0 Å². The van der Waals surface area contributed by atoms with Crippen LogP contribution in [0.3, 0.4) is 0 Å². The molecule has 0 aliphatic rings. The summed E-state index contributed by atoms with van der Waals surface area (Å²) in [7, 11) is 1.97. The number of unbranched alkanes of at least 4 members (excludes halogenated alkanes) is 3. The van der Waals surface area contributed by atoms with E-state index in [2.05, 4.69) is 29.6 Å². The van der Waals surface area contributed by atoms with Crippen LogP contribution in [-0.4, -0.2) is 24.5 Å². The van der Waals surface area contributed by atoms with Gasteiger partial charge in [0, 0.05) is 18.0 Å². The number of aliphatic hydroxyl groups excluding tert-OH is 1. The molecule has 3 heteroatoms. The Balaban J connectivity index is 2.14. The van der Waals surface area contributed by atoms with Gasteiger partial charge in [0.2, 0.25) is 0 Å². The standard InChI is InChI=1S/C14H23NOS/c1-15-12-13-6-8-14(9-7-13)17-11-5-3-2-4-10-16/h6-9,15-16H,2-5,10-12H2,1H3. The Morgan fingerprint density at radius 3 is 2.41 bits per heavy atom. The van der Waals surface area contributed by atoms with Crippen molar-refractivity contribution in [3.63, 3.8) is 0 Å². The molecule has 0 unspecified atom stereocenters. The maximum atomic E-state index is 8.66. The Morgan fingerprint density at radius 1 is 1.06 bits per heavy atom. The summed E-state index contributed by atoms with van der Waals surface area (Å²) in [4.78, 5) is 1.35. The second-order valence-electron chi connectivity index (χ2n) is 4.16. The van der Waals surface area contributed by atoms with Crippen LogP contribution in [0.1, 0.15) is 31.2 Å². The fourth-order valence-electron chi connectivity index (χ4n) is 1.67. The molecule has 0 saturated heterocycles. The van der Waals surface area contributed by atoms with Gasteiger partial charge >= 0.3 is 0 Å². The molecule has 0 atom stereocenters. The van der Waals surface area contributed by atoms with E-state index < -0.39 is 0 Å². The smallest absolute Gasteiger partial charge is 0.0431 e. The van der Waals surface area contributed by atoms with Gasteiger partial charge in [0.25, 0.3) is 0 Å². The number of thioether (sulfide) groups is 1. The Morgan fingerprint density at radius 2 is 1.76 bits per heavy atom. The van der Waals surface area contributed by atoms with Gasteiger partial charge in [0.1, 0.15) is 0 Å². The lowest BCUT2D eigenvalue weighted by Crippen LogP contribution is -2.04. The van der Waals surface area contributed by atoms with Crippen molar-refractivity contribution in [1.82, 2.24) is 5.32 Å². The molecule has 1 aromatic carbocycles. The van der Waals surface area contributed by atoms with Gasteiger partial charge < -0.3 is 10.4 Å². The van der Waals surface area contributed by atoms with Crippen LogP contribution in [0.2, 0.25) is 0 Å². The van der Waals surface area contributed by atoms with E-state index in [9.17, 15) is 0 Å². The fourth-order valence-corrected chi connectivity index (χ4v) is 2.58. The van der Waals surface area contributed by atoms with Crippen molar-refractivity contribution in [3.8, 4) is 0 Å². The third-order valence-electron chi connectivity index (χ3n) is 2.63. The van der Waals surface area contributed by atoms with Crippen LogP contribution < -0.4 is 5.32 Å². The van der Waals surface area contributed by atoms with Crippen LogP contribution in [-0.2, 0) is 6.54 Å². The molecule has 0 aliphatic carbocycles. The summed E-state index contributed by atoms with van der Waals surface area (Å²) >= 11 is 1.92. The highest BCUT2D eigenvalue weighted by molar-refractivity contribution is 7.99. The van der Waals surface area contributed by atoms with Gasteiger partial charge in [-0.1, -0.05) is 25.0 Å². The number of hydrogen-bond acceptors (Lipinski definition) is 3. The summed E-state index contributed by atoms with van der Waals surface area (Å²) in [5.41, 5.74) is 1.33. The van der Waals surface area contributed by atoms with E-state index in [-0.39, 0.29) is 0 Å². The van der Waals surface area contributed by atoms with E-state index in [1.807, 2.05) is 18.8 Å². The summed E-state index contributed by atoms with van der Waals surface area (Å²) in [5, 5.41) is 11.8. The van der Waals surface area contributed by atoms with E-state index in [4.69, 9.17) is 5.11 Å². The Bertz CT molecular complexity index is 287. The number of nitrogens with one attached hydrogen (secondary N) is 1. The maximum Gasteiger partial charge on any atom is 0.0431 e. The predicted octanol–water partition coefficient (Wildman–Crippen LogP) is 3.05. The minimum atomic E-state index is 0.333.